The molecule has 0 bridgehead atoms. The number of carbonyl (C=O) groups excluding carboxylic acids is 3. The largest absolute Gasteiger partial charge is 0.334 e. The van der Waals surface area contributed by atoms with E-state index >= 15 is 0 Å². The van der Waals surface area contributed by atoms with Crippen molar-refractivity contribution in [3.63, 3.8) is 0 Å². The number of anilines is 1. The molecule has 0 aliphatic carbocycles. The second-order valence-corrected chi connectivity index (χ2v) is 10.0. The number of hydrogen-bond acceptors (Lipinski definition) is 7. The number of Topliss-reactive ketones (excluding diaryl/α,β-unsaturated/α-hetero) is 1. The van der Waals surface area contributed by atoms with E-state index in [1.54, 1.807) is 41.3 Å². The van der Waals surface area contributed by atoms with E-state index in [1.807, 2.05) is 0 Å². The fourth-order valence-electron chi connectivity index (χ4n) is 3.74. The number of hydrogen-bond donors (Lipinski definition) is 2. The number of aromatic nitrogens is 2. The molecule has 4 rings (SSSR count). The van der Waals surface area contributed by atoms with Crippen molar-refractivity contribution in [3.05, 3.63) is 82.4 Å². The molecule has 0 unspecified atom stereocenters. The Labute approximate surface area is 221 Å². The van der Waals surface area contributed by atoms with Crippen molar-refractivity contribution in [1.29, 1.82) is 0 Å². The van der Waals surface area contributed by atoms with E-state index in [0.717, 1.165) is 11.3 Å². The molecule has 3 aromatic rings. The van der Waals surface area contributed by atoms with Crippen molar-refractivity contribution in [2.24, 2.45) is 0 Å². The van der Waals surface area contributed by atoms with Gasteiger partial charge in [0.1, 0.15) is 11.6 Å². The standard InChI is InChI=1S/C26H22F2N4O3S2/c27-20-8-4-16(5-9-20)12-18-14-32(15-19(24(18)35)13-17-6-10-21(28)11-7-17)23(34)3-1-2-22(33)29-25-30-31-26(36)37-25/h4-13H,1-3,14-15H2,(H,31,36)(H,29,30,33)/b18-12+,19-13+. The van der Waals surface area contributed by atoms with Crippen LogP contribution in [0.5, 0.6) is 0 Å². The van der Waals surface area contributed by atoms with E-state index in [9.17, 15) is 23.2 Å². The number of benzene rings is 2. The molecule has 1 aromatic heterocycles. The first-order valence-electron chi connectivity index (χ1n) is 11.3. The molecule has 190 valence electrons. The van der Waals surface area contributed by atoms with Crippen LogP contribution in [-0.4, -0.2) is 45.8 Å². The van der Waals surface area contributed by atoms with E-state index in [2.05, 4.69) is 28.1 Å². The van der Waals surface area contributed by atoms with Crippen LogP contribution in [0.25, 0.3) is 12.2 Å². The zero-order valence-corrected chi connectivity index (χ0v) is 21.2. The van der Waals surface area contributed by atoms with E-state index in [-0.39, 0.29) is 43.5 Å². The van der Waals surface area contributed by atoms with Gasteiger partial charge in [0.25, 0.3) is 0 Å². The summed E-state index contributed by atoms with van der Waals surface area (Å²) in [6, 6.07) is 11.4. The van der Waals surface area contributed by atoms with Crippen LogP contribution in [0.3, 0.4) is 0 Å². The third-order valence-corrected chi connectivity index (χ3v) is 6.54. The Morgan fingerprint density at radius 2 is 1.46 bits per heavy atom. The minimum atomic E-state index is -0.396. The van der Waals surface area contributed by atoms with E-state index in [1.165, 1.54) is 24.3 Å². The topological polar surface area (TPSA) is 92.3 Å². The van der Waals surface area contributed by atoms with Gasteiger partial charge in [-0.25, -0.2) is 8.78 Å². The van der Waals surface area contributed by atoms with Crippen LogP contribution in [0, 0.1) is 11.6 Å². The Morgan fingerprint density at radius 1 is 0.919 bits per heavy atom. The van der Waals surface area contributed by atoms with Gasteiger partial charge >= 0.3 is 0 Å². The Morgan fingerprint density at radius 3 is 1.95 bits per heavy atom. The average molecular weight is 541 g/mol. The third kappa shape index (κ3) is 7.40. The highest BCUT2D eigenvalue weighted by molar-refractivity contribution is 7.82. The summed E-state index contributed by atoms with van der Waals surface area (Å²) in [5, 5.41) is 10.4. The molecule has 0 atom stereocenters. The van der Waals surface area contributed by atoms with Crippen LogP contribution in [0.2, 0.25) is 0 Å². The molecule has 2 aromatic carbocycles. The Balaban J connectivity index is 1.47. The number of amides is 2. The molecular weight excluding hydrogens is 518 g/mol. The number of thiol groups is 1. The minimum absolute atomic E-state index is 0.0809. The van der Waals surface area contributed by atoms with Gasteiger partial charge in [-0.1, -0.05) is 35.6 Å². The van der Waals surface area contributed by atoms with Crippen molar-refractivity contribution < 1.29 is 23.2 Å². The average Bonchev–Trinajstić information content (AvgIpc) is 3.28. The fraction of sp³-hybridized carbons (Fsp3) is 0.192. The molecule has 1 saturated heterocycles. The van der Waals surface area contributed by atoms with Crippen LogP contribution in [0.1, 0.15) is 30.4 Å². The second-order valence-electron chi connectivity index (χ2n) is 8.31. The van der Waals surface area contributed by atoms with Crippen LogP contribution in [0.15, 0.2) is 64.0 Å². The predicted molar refractivity (Wildman–Crippen MR) is 140 cm³/mol. The van der Waals surface area contributed by atoms with Gasteiger partial charge in [-0.15, -0.1) is 22.8 Å². The Kier molecular flexibility index (Phi) is 8.57. The number of nitrogens with zero attached hydrogens (tertiary/aromatic N) is 3. The lowest BCUT2D eigenvalue weighted by molar-refractivity contribution is -0.131. The number of halogens is 2. The molecule has 0 spiro atoms. The van der Waals surface area contributed by atoms with Crippen LogP contribution in [-0.2, 0) is 14.4 Å². The third-order valence-electron chi connectivity index (χ3n) is 5.54. The number of rotatable bonds is 7. The molecule has 37 heavy (non-hydrogen) atoms. The van der Waals surface area contributed by atoms with Gasteiger partial charge in [-0.2, -0.15) is 0 Å². The molecular formula is C26H22F2N4O3S2. The minimum Gasteiger partial charge on any atom is -0.334 e. The van der Waals surface area contributed by atoms with Crippen LogP contribution in [0.4, 0.5) is 13.9 Å². The molecule has 7 nitrogen and oxygen atoms in total. The molecule has 1 N–H and O–H groups in total. The molecule has 0 saturated carbocycles. The van der Waals surface area contributed by atoms with Gasteiger partial charge in [-0.05, 0) is 54.0 Å². The Hall–Kier alpha value is -3.70. The quantitative estimate of drug-likeness (QED) is 0.255. The lowest BCUT2D eigenvalue weighted by Crippen LogP contribution is -2.41. The lowest BCUT2D eigenvalue weighted by Gasteiger charge is -2.30. The SMILES string of the molecule is O=C(CCCC(=O)N1C/C(=C\c2ccc(F)cc2)C(=O)/C(=C/c2ccc(F)cc2)C1)Nc1nnc(S)s1. The van der Waals surface area contributed by atoms with Gasteiger partial charge in [0, 0.05) is 37.1 Å². The van der Waals surface area contributed by atoms with E-state index < -0.39 is 11.6 Å². The van der Waals surface area contributed by atoms with Crippen LogP contribution < -0.4 is 5.32 Å². The molecule has 1 aliphatic heterocycles. The number of likely N-dealkylation sites (tertiary alicyclic amines) is 1. The second kappa shape index (κ2) is 12.0. The maximum absolute atomic E-state index is 13.3. The summed E-state index contributed by atoms with van der Waals surface area (Å²) in [7, 11) is 0. The summed E-state index contributed by atoms with van der Waals surface area (Å²) >= 11 is 5.18. The molecule has 2 heterocycles. The highest BCUT2D eigenvalue weighted by Crippen LogP contribution is 2.24. The van der Waals surface area contributed by atoms with Gasteiger partial charge in [-0.3, -0.25) is 14.4 Å². The lowest BCUT2D eigenvalue weighted by atomic mass is 9.94. The van der Waals surface area contributed by atoms with Crippen molar-refractivity contribution in [3.8, 4) is 0 Å². The zero-order chi connectivity index (χ0) is 26.4. The monoisotopic (exact) mass is 540 g/mol. The highest BCUT2D eigenvalue weighted by Gasteiger charge is 2.29. The van der Waals surface area contributed by atoms with Crippen molar-refractivity contribution in [1.82, 2.24) is 15.1 Å². The molecule has 11 heteroatoms. The number of piperidine rings is 1. The Bertz CT molecular complexity index is 1300. The summed E-state index contributed by atoms with van der Waals surface area (Å²) < 4.78 is 27.1. The van der Waals surface area contributed by atoms with Gasteiger partial charge in [0.2, 0.25) is 16.9 Å². The number of ketones is 1. The summed E-state index contributed by atoms with van der Waals surface area (Å²) in [4.78, 5) is 39.9. The predicted octanol–water partition coefficient (Wildman–Crippen LogP) is 4.79. The first-order chi connectivity index (χ1) is 17.8. The van der Waals surface area contributed by atoms with E-state index in [4.69, 9.17) is 0 Å². The first-order valence-corrected chi connectivity index (χ1v) is 12.6. The smallest absolute Gasteiger partial charge is 0.226 e. The van der Waals surface area contributed by atoms with Gasteiger partial charge < -0.3 is 10.2 Å². The summed E-state index contributed by atoms with van der Waals surface area (Å²) in [5.41, 5.74) is 1.99. The number of carbonyl (C=O) groups is 3. The van der Waals surface area contributed by atoms with Crippen molar-refractivity contribution >= 4 is 58.8 Å². The molecule has 1 fully saturated rings. The first kappa shape index (κ1) is 26.4. The number of nitrogens with one attached hydrogen (secondary N) is 1. The molecule has 2 amide bonds. The maximum atomic E-state index is 13.3. The summed E-state index contributed by atoms with van der Waals surface area (Å²) in [6.45, 7) is 0.162. The van der Waals surface area contributed by atoms with Gasteiger partial charge in [0.15, 0.2) is 10.1 Å². The van der Waals surface area contributed by atoms with Crippen molar-refractivity contribution in [2.45, 2.75) is 23.6 Å². The van der Waals surface area contributed by atoms with Crippen molar-refractivity contribution in [2.75, 3.05) is 18.4 Å². The summed E-state index contributed by atoms with van der Waals surface area (Å²) in [6.07, 6.45) is 3.77. The van der Waals surface area contributed by atoms with Gasteiger partial charge in [0.05, 0.1) is 0 Å². The zero-order valence-electron chi connectivity index (χ0n) is 19.5. The van der Waals surface area contributed by atoms with E-state index in [0.29, 0.717) is 38.2 Å². The maximum Gasteiger partial charge on any atom is 0.226 e. The molecule has 0 radical (unpaired) electrons. The molecule has 1 aliphatic rings. The normalized spacial score (nSPS) is 15.9. The summed E-state index contributed by atoms with van der Waals surface area (Å²) in [5.74, 6) is -1.54. The fourth-order valence-corrected chi connectivity index (χ4v) is 4.55. The van der Waals surface area contributed by atoms with Crippen LogP contribution >= 0.6 is 24.0 Å². The highest BCUT2D eigenvalue weighted by atomic mass is 32.2.